The molecule has 0 bridgehead atoms. The van der Waals surface area contributed by atoms with Crippen LogP contribution in [0.5, 0.6) is 0 Å². The van der Waals surface area contributed by atoms with Crippen molar-refractivity contribution in [2.24, 2.45) is 11.8 Å². The van der Waals surface area contributed by atoms with E-state index in [2.05, 4.69) is 39.2 Å². The minimum atomic E-state index is 0.613. The maximum Gasteiger partial charge on any atom is 0.0304 e. The molecule has 2 unspecified atom stereocenters. The molecule has 0 saturated heterocycles. The lowest BCUT2D eigenvalue weighted by molar-refractivity contribution is 0.338. The summed E-state index contributed by atoms with van der Waals surface area (Å²) in [5.74, 6) is 1.51. The SMILES string of the molecule is CNC(C1=CCCC1)C(C)C(C)C. The van der Waals surface area contributed by atoms with Gasteiger partial charge in [0.2, 0.25) is 0 Å². The fourth-order valence-corrected chi connectivity index (χ4v) is 2.15. The van der Waals surface area contributed by atoms with Gasteiger partial charge in [-0.15, -0.1) is 0 Å². The van der Waals surface area contributed by atoms with E-state index in [1.807, 2.05) is 0 Å². The third kappa shape index (κ3) is 2.57. The maximum absolute atomic E-state index is 3.46. The van der Waals surface area contributed by atoms with E-state index < -0.39 is 0 Å². The molecule has 0 aromatic carbocycles. The van der Waals surface area contributed by atoms with Crippen LogP contribution in [0, 0.1) is 11.8 Å². The molecule has 2 atom stereocenters. The van der Waals surface area contributed by atoms with Gasteiger partial charge in [0.15, 0.2) is 0 Å². The lowest BCUT2D eigenvalue weighted by Crippen LogP contribution is -2.36. The van der Waals surface area contributed by atoms with Crippen LogP contribution >= 0.6 is 0 Å². The molecule has 0 aliphatic heterocycles. The summed E-state index contributed by atoms with van der Waals surface area (Å²) in [4.78, 5) is 0. The Balaban J connectivity index is 2.60. The Morgan fingerprint density at radius 2 is 2.00 bits per heavy atom. The summed E-state index contributed by atoms with van der Waals surface area (Å²) in [5, 5.41) is 3.46. The van der Waals surface area contributed by atoms with Crippen molar-refractivity contribution in [1.29, 1.82) is 0 Å². The first-order chi connectivity index (χ1) is 6.16. The highest BCUT2D eigenvalue weighted by Gasteiger charge is 2.23. The van der Waals surface area contributed by atoms with Gasteiger partial charge in [0.05, 0.1) is 0 Å². The third-order valence-corrected chi connectivity index (χ3v) is 3.36. The lowest BCUT2D eigenvalue weighted by atomic mass is 9.86. The second-order valence-electron chi connectivity index (χ2n) is 4.54. The van der Waals surface area contributed by atoms with Gasteiger partial charge < -0.3 is 5.32 Å². The van der Waals surface area contributed by atoms with Crippen LogP contribution in [-0.4, -0.2) is 13.1 Å². The van der Waals surface area contributed by atoms with Gasteiger partial charge in [0, 0.05) is 6.04 Å². The number of hydrogen-bond donors (Lipinski definition) is 1. The smallest absolute Gasteiger partial charge is 0.0304 e. The Morgan fingerprint density at radius 3 is 2.38 bits per heavy atom. The summed E-state index contributed by atoms with van der Waals surface area (Å²) in [6, 6.07) is 0.613. The Morgan fingerprint density at radius 1 is 1.31 bits per heavy atom. The largest absolute Gasteiger partial charge is 0.313 e. The molecule has 1 nitrogen and oxygen atoms in total. The fourth-order valence-electron chi connectivity index (χ4n) is 2.15. The second-order valence-corrected chi connectivity index (χ2v) is 4.54. The predicted octanol–water partition coefficient (Wildman–Crippen LogP) is 2.98. The third-order valence-electron chi connectivity index (χ3n) is 3.36. The van der Waals surface area contributed by atoms with Gasteiger partial charge in [-0.25, -0.2) is 0 Å². The fraction of sp³-hybridized carbons (Fsp3) is 0.833. The summed E-state index contributed by atoms with van der Waals surface area (Å²) in [6.07, 6.45) is 6.39. The molecule has 76 valence electrons. The van der Waals surface area contributed by atoms with E-state index in [-0.39, 0.29) is 0 Å². The summed E-state index contributed by atoms with van der Waals surface area (Å²) >= 11 is 0. The summed E-state index contributed by atoms with van der Waals surface area (Å²) in [7, 11) is 2.09. The highest BCUT2D eigenvalue weighted by atomic mass is 14.9. The van der Waals surface area contributed by atoms with Gasteiger partial charge in [-0.2, -0.15) is 0 Å². The van der Waals surface area contributed by atoms with E-state index in [0.717, 1.165) is 11.8 Å². The molecule has 0 radical (unpaired) electrons. The molecular formula is C12H23N. The van der Waals surface area contributed by atoms with E-state index in [9.17, 15) is 0 Å². The normalized spacial score (nSPS) is 21.8. The molecule has 0 amide bonds. The number of nitrogens with one attached hydrogen (secondary N) is 1. The molecule has 0 fully saturated rings. The van der Waals surface area contributed by atoms with Crippen molar-refractivity contribution >= 4 is 0 Å². The Labute approximate surface area is 82.6 Å². The first-order valence-electron chi connectivity index (χ1n) is 5.53. The molecule has 13 heavy (non-hydrogen) atoms. The van der Waals surface area contributed by atoms with Gasteiger partial charge in [-0.05, 0) is 38.1 Å². The van der Waals surface area contributed by atoms with Crippen molar-refractivity contribution < 1.29 is 0 Å². The zero-order valence-electron chi connectivity index (χ0n) is 9.43. The molecular weight excluding hydrogens is 158 g/mol. The van der Waals surface area contributed by atoms with Gasteiger partial charge >= 0.3 is 0 Å². The molecule has 1 N–H and O–H groups in total. The topological polar surface area (TPSA) is 12.0 Å². The Bertz CT molecular complexity index is 182. The highest BCUT2D eigenvalue weighted by Crippen LogP contribution is 2.27. The number of hydrogen-bond acceptors (Lipinski definition) is 1. The number of likely N-dealkylation sites (N-methyl/N-ethyl adjacent to an activating group) is 1. The van der Waals surface area contributed by atoms with E-state index in [4.69, 9.17) is 0 Å². The molecule has 0 aromatic rings. The van der Waals surface area contributed by atoms with Crippen LogP contribution < -0.4 is 5.32 Å². The van der Waals surface area contributed by atoms with Crippen molar-refractivity contribution in [2.45, 2.75) is 46.1 Å². The zero-order chi connectivity index (χ0) is 9.84. The molecule has 0 spiro atoms. The summed E-state index contributed by atoms with van der Waals surface area (Å²) < 4.78 is 0. The van der Waals surface area contributed by atoms with Crippen LogP contribution in [0.25, 0.3) is 0 Å². The predicted molar refractivity (Wildman–Crippen MR) is 58.8 cm³/mol. The first-order valence-corrected chi connectivity index (χ1v) is 5.53. The number of allylic oxidation sites excluding steroid dienone is 1. The second kappa shape index (κ2) is 4.80. The van der Waals surface area contributed by atoms with E-state index in [1.54, 1.807) is 5.57 Å². The minimum Gasteiger partial charge on any atom is -0.313 e. The van der Waals surface area contributed by atoms with Crippen molar-refractivity contribution in [3.8, 4) is 0 Å². The average Bonchev–Trinajstić information content (AvgIpc) is 2.58. The number of rotatable bonds is 4. The molecule has 0 heterocycles. The average molecular weight is 181 g/mol. The van der Waals surface area contributed by atoms with Crippen LogP contribution in [0.4, 0.5) is 0 Å². The molecule has 1 rings (SSSR count). The Hall–Kier alpha value is -0.300. The molecule has 0 saturated carbocycles. The Kier molecular flexibility index (Phi) is 3.98. The van der Waals surface area contributed by atoms with Crippen LogP contribution in [0.1, 0.15) is 40.0 Å². The lowest BCUT2D eigenvalue weighted by Gasteiger charge is -2.28. The van der Waals surface area contributed by atoms with Gasteiger partial charge in [0.1, 0.15) is 0 Å². The summed E-state index contributed by atoms with van der Waals surface area (Å²) in [6.45, 7) is 6.97. The van der Waals surface area contributed by atoms with Crippen molar-refractivity contribution in [3.63, 3.8) is 0 Å². The van der Waals surface area contributed by atoms with Crippen LogP contribution in [0.3, 0.4) is 0 Å². The van der Waals surface area contributed by atoms with Crippen molar-refractivity contribution in [1.82, 2.24) is 5.32 Å². The van der Waals surface area contributed by atoms with Crippen LogP contribution in [0.15, 0.2) is 11.6 Å². The molecule has 1 heteroatoms. The van der Waals surface area contributed by atoms with Crippen LogP contribution in [-0.2, 0) is 0 Å². The molecule has 1 aliphatic rings. The van der Waals surface area contributed by atoms with Crippen molar-refractivity contribution in [3.05, 3.63) is 11.6 Å². The standard InChI is InChI=1S/C12H23N/c1-9(2)10(3)12(13-4)11-7-5-6-8-11/h7,9-10,12-13H,5-6,8H2,1-4H3. The monoisotopic (exact) mass is 181 g/mol. The maximum atomic E-state index is 3.46. The van der Waals surface area contributed by atoms with E-state index in [1.165, 1.54) is 19.3 Å². The quantitative estimate of drug-likeness (QED) is 0.657. The van der Waals surface area contributed by atoms with E-state index in [0.29, 0.717) is 6.04 Å². The zero-order valence-corrected chi connectivity index (χ0v) is 9.43. The van der Waals surface area contributed by atoms with Gasteiger partial charge in [-0.3, -0.25) is 0 Å². The molecule has 1 aliphatic carbocycles. The van der Waals surface area contributed by atoms with Crippen LogP contribution in [0.2, 0.25) is 0 Å². The van der Waals surface area contributed by atoms with Gasteiger partial charge in [-0.1, -0.05) is 32.4 Å². The highest BCUT2D eigenvalue weighted by molar-refractivity contribution is 5.16. The first kappa shape index (κ1) is 10.8. The van der Waals surface area contributed by atoms with Crippen molar-refractivity contribution in [2.75, 3.05) is 7.05 Å². The van der Waals surface area contributed by atoms with E-state index >= 15 is 0 Å². The minimum absolute atomic E-state index is 0.613. The molecule has 0 aromatic heterocycles. The van der Waals surface area contributed by atoms with Gasteiger partial charge in [0.25, 0.3) is 0 Å². The summed E-state index contributed by atoms with van der Waals surface area (Å²) in [5.41, 5.74) is 1.64.